The Kier molecular flexibility index (Phi) is 3.31. The van der Waals surface area contributed by atoms with Crippen LogP contribution in [0.15, 0.2) is 57.7 Å². The van der Waals surface area contributed by atoms with Crippen LogP contribution in [0.1, 0.15) is 18.8 Å². The first-order chi connectivity index (χ1) is 10.1. The van der Waals surface area contributed by atoms with Gasteiger partial charge in [0.05, 0.1) is 5.56 Å². The van der Waals surface area contributed by atoms with Gasteiger partial charge in [-0.25, -0.2) is 4.39 Å². The van der Waals surface area contributed by atoms with E-state index in [0.717, 1.165) is 0 Å². The molecular formula is C17H13FO3. The van der Waals surface area contributed by atoms with E-state index < -0.39 is 17.3 Å². The van der Waals surface area contributed by atoms with Crippen LogP contribution in [0, 0.1) is 5.82 Å². The van der Waals surface area contributed by atoms with Crippen LogP contribution in [-0.2, 0) is 0 Å². The van der Waals surface area contributed by atoms with Gasteiger partial charge >= 0.3 is 0 Å². The molecule has 0 saturated carbocycles. The van der Waals surface area contributed by atoms with Crippen LogP contribution >= 0.6 is 0 Å². The summed E-state index contributed by atoms with van der Waals surface area (Å²) in [7, 11) is 0. The maximum Gasteiger partial charge on any atom is 0.203 e. The number of halogens is 1. The molecule has 106 valence electrons. The molecule has 3 aromatic rings. The molecule has 0 saturated heterocycles. The molecule has 0 bridgehead atoms. The van der Waals surface area contributed by atoms with Crippen molar-refractivity contribution < 1.29 is 13.9 Å². The predicted molar refractivity (Wildman–Crippen MR) is 78.5 cm³/mol. The normalized spacial score (nSPS) is 12.5. The minimum atomic E-state index is -0.972. The molecule has 3 rings (SSSR count). The van der Waals surface area contributed by atoms with Gasteiger partial charge in [-0.15, -0.1) is 0 Å². The summed E-state index contributed by atoms with van der Waals surface area (Å²) in [6.07, 6.45) is -0.972. The summed E-state index contributed by atoms with van der Waals surface area (Å²) in [6.45, 7) is 1.51. The van der Waals surface area contributed by atoms with Gasteiger partial charge in [-0.2, -0.15) is 0 Å². The standard InChI is InChI=1S/C17H13FO3/c1-10(19)17-14(11-6-3-2-4-7-11)16(20)15-12(18)8-5-9-13(15)21-17/h2-10,19H,1H3. The van der Waals surface area contributed by atoms with Gasteiger partial charge in [0.1, 0.15) is 28.7 Å². The van der Waals surface area contributed by atoms with E-state index in [1.807, 2.05) is 6.07 Å². The minimum absolute atomic E-state index is 0.0965. The lowest BCUT2D eigenvalue weighted by Crippen LogP contribution is -2.12. The molecule has 1 aromatic heterocycles. The van der Waals surface area contributed by atoms with Crippen molar-refractivity contribution in [3.05, 3.63) is 70.3 Å². The summed E-state index contributed by atoms with van der Waals surface area (Å²) in [6, 6.07) is 13.0. The minimum Gasteiger partial charge on any atom is -0.457 e. The summed E-state index contributed by atoms with van der Waals surface area (Å²) >= 11 is 0. The van der Waals surface area contributed by atoms with Gasteiger partial charge in [0.2, 0.25) is 5.43 Å². The van der Waals surface area contributed by atoms with Crippen molar-refractivity contribution in [1.29, 1.82) is 0 Å². The number of hydrogen-bond donors (Lipinski definition) is 1. The highest BCUT2D eigenvalue weighted by molar-refractivity contribution is 5.83. The Morgan fingerprint density at radius 3 is 2.48 bits per heavy atom. The largest absolute Gasteiger partial charge is 0.457 e. The predicted octanol–water partition coefficient (Wildman–Crippen LogP) is 3.65. The van der Waals surface area contributed by atoms with Gasteiger partial charge in [-0.3, -0.25) is 4.79 Å². The smallest absolute Gasteiger partial charge is 0.203 e. The van der Waals surface area contributed by atoms with Crippen LogP contribution < -0.4 is 5.43 Å². The first-order valence-corrected chi connectivity index (χ1v) is 6.58. The van der Waals surface area contributed by atoms with Gasteiger partial charge in [-0.05, 0) is 24.6 Å². The Morgan fingerprint density at radius 1 is 1.10 bits per heavy atom. The fourth-order valence-corrected chi connectivity index (χ4v) is 2.39. The quantitative estimate of drug-likeness (QED) is 0.781. The maximum absolute atomic E-state index is 14.0. The van der Waals surface area contributed by atoms with E-state index in [1.165, 1.54) is 25.1 Å². The van der Waals surface area contributed by atoms with E-state index in [0.29, 0.717) is 5.56 Å². The monoisotopic (exact) mass is 284 g/mol. The molecule has 1 unspecified atom stereocenters. The maximum atomic E-state index is 14.0. The fourth-order valence-electron chi connectivity index (χ4n) is 2.39. The van der Waals surface area contributed by atoms with Crippen molar-refractivity contribution in [2.45, 2.75) is 13.0 Å². The van der Waals surface area contributed by atoms with E-state index in [2.05, 4.69) is 0 Å². The van der Waals surface area contributed by atoms with Crippen molar-refractivity contribution in [2.24, 2.45) is 0 Å². The van der Waals surface area contributed by atoms with Crippen LogP contribution in [-0.4, -0.2) is 5.11 Å². The Bertz CT molecular complexity index is 851. The fraction of sp³-hybridized carbons (Fsp3) is 0.118. The summed E-state index contributed by atoms with van der Waals surface area (Å²) in [5.41, 5.74) is 0.447. The van der Waals surface area contributed by atoms with Gasteiger partial charge in [-0.1, -0.05) is 36.4 Å². The van der Waals surface area contributed by atoms with Gasteiger partial charge < -0.3 is 9.52 Å². The van der Waals surface area contributed by atoms with Crippen molar-refractivity contribution >= 4 is 11.0 Å². The summed E-state index contributed by atoms with van der Waals surface area (Å²) in [4.78, 5) is 12.7. The molecule has 21 heavy (non-hydrogen) atoms. The van der Waals surface area contributed by atoms with E-state index in [9.17, 15) is 14.3 Å². The lowest BCUT2D eigenvalue weighted by molar-refractivity contribution is 0.171. The third-order valence-corrected chi connectivity index (χ3v) is 3.34. The van der Waals surface area contributed by atoms with E-state index in [4.69, 9.17) is 4.42 Å². The molecule has 3 nitrogen and oxygen atoms in total. The molecule has 0 spiro atoms. The van der Waals surface area contributed by atoms with E-state index >= 15 is 0 Å². The van der Waals surface area contributed by atoms with Crippen LogP contribution in [0.3, 0.4) is 0 Å². The molecule has 1 atom stereocenters. The van der Waals surface area contributed by atoms with Gasteiger partial charge in [0, 0.05) is 0 Å². The van der Waals surface area contributed by atoms with Crippen LogP contribution in [0.5, 0.6) is 0 Å². The number of rotatable bonds is 2. The second-order valence-corrected chi connectivity index (χ2v) is 4.83. The summed E-state index contributed by atoms with van der Waals surface area (Å²) < 4.78 is 19.5. The molecule has 0 radical (unpaired) electrons. The van der Waals surface area contributed by atoms with Crippen molar-refractivity contribution in [2.75, 3.05) is 0 Å². The molecule has 0 fully saturated rings. The Balaban J connectivity index is 2.47. The number of benzene rings is 2. The third-order valence-electron chi connectivity index (χ3n) is 3.34. The molecule has 0 aliphatic carbocycles. The zero-order chi connectivity index (χ0) is 15.0. The average molecular weight is 284 g/mol. The molecular weight excluding hydrogens is 271 g/mol. The number of aliphatic hydroxyl groups excluding tert-OH is 1. The highest BCUT2D eigenvalue weighted by atomic mass is 19.1. The van der Waals surface area contributed by atoms with Crippen LogP contribution in [0.4, 0.5) is 4.39 Å². The van der Waals surface area contributed by atoms with E-state index in [1.54, 1.807) is 24.3 Å². The number of fused-ring (bicyclic) bond motifs is 1. The molecule has 1 heterocycles. The zero-order valence-electron chi connectivity index (χ0n) is 11.3. The molecule has 0 amide bonds. The van der Waals surface area contributed by atoms with Crippen molar-refractivity contribution in [3.63, 3.8) is 0 Å². The highest BCUT2D eigenvalue weighted by Gasteiger charge is 2.20. The zero-order valence-corrected chi connectivity index (χ0v) is 11.3. The van der Waals surface area contributed by atoms with Crippen molar-refractivity contribution in [1.82, 2.24) is 0 Å². The second kappa shape index (κ2) is 5.14. The third kappa shape index (κ3) is 2.23. The topological polar surface area (TPSA) is 50.4 Å². The van der Waals surface area contributed by atoms with E-state index in [-0.39, 0.29) is 22.3 Å². The first kappa shape index (κ1) is 13.5. The highest BCUT2D eigenvalue weighted by Crippen LogP contribution is 2.29. The Morgan fingerprint density at radius 2 is 1.81 bits per heavy atom. The average Bonchev–Trinajstić information content (AvgIpc) is 2.47. The summed E-state index contributed by atoms with van der Waals surface area (Å²) in [5, 5.41) is 9.80. The van der Waals surface area contributed by atoms with Crippen LogP contribution in [0.25, 0.3) is 22.1 Å². The number of aliphatic hydroxyl groups is 1. The molecule has 1 N–H and O–H groups in total. The molecule has 0 aliphatic heterocycles. The Labute approximate surface area is 120 Å². The van der Waals surface area contributed by atoms with Crippen molar-refractivity contribution in [3.8, 4) is 11.1 Å². The van der Waals surface area contributed by atoms with Crippen LogP contribution in [0.2, 0.25) is 0 Å². The SMILES string of the molecule is CC(O)c1oc2cccc(F)c2c(=O)c1-c1ccccc1. The first-order valence-electron chi connectivity index (χ1n) is 6.58. The van der Waals surface area contributed by atoms with Gasteiger partial charge in [0.15, 0.2) is 0 Å². The second-order valence-electron chi connectivity index (χ2n) is 4.83. The molecule has 2 aromatic carbocycles. The number of hydrogen-bond acceptors (Lipinski definition) is 3. The van der Waals surface area contributed by atoms with Gasteiger partial charge in [0.25, 0.3) is 0 Å². The molecule has 4 heteroatoms. The lowest BCUT2D eigenvalue weighted by atomic mass is 10.00. The Hall–Kier alpha value is -2.46. The lowest BCUT2D eigenvalue weighted by Gasteiger charge is -2.12. The molecule has 0 aliphatic rings. The summed E-state index contributed by atoms with van der Waals surface area (Å²) in [5.74, 6) is -0.486.